The summed E-state index contributed by atoms with van der Waals surface area (Å²) in [5, 5.41) is 18.6. The Labute approximate surface area is 188 Å². The molecule has 12 heteroatoms. The minimum atomic E-state index is -4.39. The molecule has 4 aromatic rings. The van der Waals surface area contributed by atoms with Gasteiger partial charge in [0.15, 0.2) is 5.65 Å². The molecular weight excluding hydrogens is 459 g/mol. The number of fused-ring (bicyclic) bond motifs is 1. The van der Waals surface area contributed by atoms with Crippen molar-refractivity contribution < 1.29 is 27.9 Å². The highest BCUT2D eigenvalue weighted by molar-refractivity contribution is 8.00. The first kappa shape index (κ1) is 22.1. The molecule has 8 nitrogen and oxygen atoms in total. The number of benzene rings is 2. The summed E-state index contributed by atoms with van der Waals surface area (Å²) in [6, 6.07) is 13.1. The predicted octanol–water partition coefficient (Wildman–Crippen LogP) is 5.35. The number of nitrogens with zero attached hydrogens (tertiary/aromatic N) is 3. The summed E-state index contributed by atoms with van der Waals surface area (Å²) < 4.78 is 38.7. The Morgan fingerprint density at radius 2 is 1.73 bits per heavy atom. The first-order valence-corrected chi connectivity index (χ1v) is 10.1. The molecule has 0 fully saturated rings. The molecule has 2 amide bonds. The number of alkyl halides is 3. The van der Waals surface area contributed by atoms with Crippen molar-refractivity contribution in [2.75, 3.05) is 10.6 Å². The van der Waals surface area contributed by atoms with Crippen molar-refractivity contribution in [1.29, 1.82) is 0 Å². The summed E-state index contributed by atoms with van der Waals surface area (Å²) in [7, 11) is 0. The number of carbonyl (C=O) groups is 2. The summed E-state index contributed by atoms with van der Waals surface area (Å²) in [5.41, 5.74) is -2.27. The van der Waals surface area contributed by atoms with Crippen molar-refractivity contribution in [1.82, 2.24) is 14.6 Å². The summed E-state index contributed by atoms with van der Waals surface area (Å²) in [6.45, 7) is 0. The zero-order valence-electron chi connectivity index (χ0n) is 16.5. The van der Waals surface area contributed by atoms with Gasteiger partial charge in [0, 0.05) is 28.0 Å². The summed E-state index contributed by atoms with van der Waals surface area (Å²) in [5.74, 6) is -1.15. The van der Waals surface area contributed by atoms with Crippen LogP contribution in [-0.4, -0.2) is 37.2 Å². The van der Waals surface area contributed by atoms with E-state index < -0.39 is 17.5 Å². The molecule has 0 bridgehead atoms. The van der Waals surface area contributed by atoms with Crippen molar-refractivity contribution in [3.8, 4) is 11.3 Å². The largest absolute Gasteiger partial charge is 0.477 e. The molecule has 4 rings (SSSR count). The highest BCUT2D eigenvalue weighted by Gasteiger charge is 2.29. The number of anilines is 2. The molecule has 2 aromatic carbocycles. The fraction of sp³-hybridized carbons (Fsp3) is 0.0476. The number of hydrogen-bond acceptors (Lipinski definition) is 5. The zero-order chi connectivity index (χ0) is 23.6. The van der Waals surface area contributed by atoms with E-state index in [0.717, 1.165) is 0 Å². The SMILES string of the molecule is O=C(Nc1ccc(SC(F)(F)F)cc1)Nc1cccc(-c2ccnc3c(C(=O)O)cnn23)c1. The van der Waals surface area contributed by atoms with Gasteiger partial charge in [0.05, 0.1) is 11.9 Å². The number of halogens is 3. The maximum absolute atomic E-state index is 12.4. The second kappa shape index (κ2) is 8.82. The fourth-order valence-corrected chi connectivity index (χ4v) is 3.59. The van der Waals surface area contributed by atoms with Gasteiger partial charge in [-0.3, -0.25) is 0 Å². The normalized spacial score (nSPS) is 11.4. The number of carbonyl (C=O) groups excluding carboxylic acids is 1. The van der Waals surface area contributed by atoms with Crippen LogP contribution in [0.25, 0.3) is 16.9 Å². The number of urea groups is 1. The van der Waals surface area contributed by atoms with Crippen molar-refractivity contribution in [3.63, 3.8) is 0 Å². The smallest absolute Gasteiger partial charge is 0.446 e. The first-order valence-electron chi connectivity index (χ1n) is 9.30. The van der Waals surface area contributed by atoms with E-state index in [0.29, 0.717) is 22.6 Å². The lowest BCUT2D eigenvalue weighted by atomic mass is 10.1. The average molecular weight is 473 g/mol. The first-order chi connectivity index (χ1) is 15.7. The van der Waals surface area contributed by atoms with Gasteiger partial charge in [-0.2, -0.15) is 18.3 Å². The second-order valence-electron chi connectivity index (χ2n) is 6.66. The van der Waals surface area contributed by atoms with E-state index in [-0.39, 0.29) is 27.9 Å². The van der Waals surface area contributed by atoms with Crippen LogP contribution >= 0.6 is 11.8 Å². The molecule has 3 N–H and O–H groups in total. The monoisotopic (exact) mass is 473 g/mol. The van der Waals surface area contributed by atoms with E-state index in [1.807, 2.05) is 0 Å². The Bertz CT molecular complexity index is 1340. The van der Waals surface area contributed by atoms with Crippen LogP contribution in [0.15, 0.2) is 71.9 Å². The van der Waals surface area contributed by atoms with Crippen molar-refractivity contribution in [2.45, 2.75) is 10.4 Å². The molecule has 0 saturated carbocycles. The quantitative estimate of drug-likeness (QED) is 0.337. The highest BCUT2D eigenvalue weighted by atomic mass is 32.2. The van der Waals surface area contributed by atoms with E-state index >= 15 is 0 Å². The molecule has 2 heterocycles. The number of aromatic nitrogens is 3. The van der Waals surface area contributed by atoms with Gasteiger partial charge in [-0.25, -0.2) is 19.1 Å². The van der Waals surface area contributed by atoms with Crippen LogP contribution in [0, 0.1) is 0 Å². The number of thioether (sulfide) groups is 1. The number of rotatable bonds is 5. The number of nitrogens with one attached hydrogen (secondary N) is 2. The topological polar surface area (TPSA) is 109 Å². The van der Waals surface area contributed by atoms with Crippen molar-refractivity contribution in [3.05, 3.63) is 72.6 Å². The van der Waals surface area contributed by atoms with Crippen molar-refractivity contribution in [2.24, 2.45) is 0 Å². The lowest BCUT2D eigenvalue weighted by Crippen LogP contribution is -2.19. The number of amides is 2. The molecule has 0 radical (unpaired) electrons. The molecule has 0 aliphatic carbocycles. The number of carboxylic acid groups (broad SMARTS) is 1. The molecule has 0 aliphatic rings. The lowest BCUT2D eigenvalue weighted by molar-refractivity contribution is -0.0328. The Kier molecular flexibility index (Phi) is 5.92. The molecule has 0 aliphatic heterocycles. The van der Waals surface area contributed by atoms with Crippen LogP contribution in [0.4, 0.5) is 29.3 Å². The van der Waals surface area contributed by atoms with Crippen LogP contribution < -0.4 is 10.6 Å². The molecule has 0 unspecified atom stereocenters. The van der Waals surface area contributed by atoms with Crippen LogP contribution in [0.5, 0.6) is 0 Å². The average Bonchev–Trinajstić information content (AvgIpc) is 3.19. The third kappa shape index (κ3) is 5.23. The van der Waals surface area contributed by atoms with E-state index in [4.69, 9.17) is 0 Å². The molecule has 0 spiro atoms. The van der Waals surface area contributed by atoms with Gasteiger partial charge in [-0.05, 0) is 54.2 Å². The molecule has 0 atom stereocenters. The number of aromatic carboxylic acids is 1. The van der Waals surface area contributed by atoms with Gasteiger partial charge in [0.1, 0.15) is 5.56 Å². The van der Waals surface area contributed by atoms with Gasteiger partial charge in [0.25, 0.3) is 0 Å². The van der Waals surface area contributed by atoms with E-state index in [2.05, 4.69) is 20.7 Å². The lowest BCUT2D eigenvalue weighted by Gasteiger charge is -2.11. The molecule has 168 valence electrons. The van der Waals surface area contributed by atoms with Crippen LogP contribution in [0.1, 0.15) is 10.4 Å². The Morgan fingerprint density at radius 3 is 2.42 bits per heavy atom. The predicted molar refractivity (Wildman–Crippen MR) is 116 cm³/mol. The van der Waals surface area contributed by atoms with Crippen LogP contribution in [-0.2, 0) is 0 Å². The van der Waals surface area contributed by atoms with Gasteiger partial charge in [-0.1, -0.05) is 12.1 Å². The maximum atomic E-state index is 12.4. The third-order valence-electron chi connectivity index (χ3n) is 4.39. The van der Waals surface area contributed by atoms with Crippen LogP contribution in [0.3, 0.4) is 0 Å². The molecule has 0 saturated heterocycles. The van der Waals surface area contributed by atoms with Crippen molar-refractivity contribution >= 4 is 40.8 Å². The highest BCUT2D eigenvalue weighted by Crippen LogP contribution is 2.37. The number of hydrogen-bond donors (Lipinski definition) is 3. The van der Waals surface area contributed by atoms with Gasteiger partial charge >= 0.3 is 17.5 Å². The minimum Gasteiger partial charge on any atom is -0.477 e. The summed E-state index contributed by atoms with van der Waals surface area (Å²) >= 11 is -0.238. The maximum Gasteiger partial charge on any atom is 0.446 e. The van der Waals surface area contributed by atoms with Gasteiger partial charge in [0.2, 0.25) is 0 Å². The standard InChI is InChI=1S/C21H14F3N5O3S/c22-21(23,24)33-15-6-4-13(5-7-15)27-20(32)28-14-3-1-2-12(10-14)17-8-9-25-18-16(19(30)31)11-26-29(17)18/h1-11H,(H,30,31)(H2,27,28,32). The minimum absolute atomic E-state index is 0.00880. The van der Waals surface area contributed by atoms with Gasteiger partial charge < -0.3 is 15.7 Å². The third-order valence-corrected chi connectivity index (χ3v) is 5.13. The zero-order valence-corrected chi connectivity index (χ0v) is 17.3. The fourth-order valence-electron chi connectivity index (χ4n) is 3.05. The molecule has 2 aromatic heterocycles. The van der Waals surface area contributed by atoms with Crippen LogP contribution in [0.2, 0.25) is 0 Å². The Morgan fingerprint density at radius 1 is 1.00 bits per heavy atom. The van der Waals surface area contributed by atoms with E-state index in [1.165, 1.54) is 41.2 Å². The number of carboxylic acids is 1. The Balaban J connectivity index is 1.49. The van der Waals surface area contributed by atoms with Gasteiger partial charge in [-0.15, -0.1) is 0 Å². The molecular formula is C21H14F3N5O3S. The molecule has 33 heavy (non-hydrogen) atoms. The van der Waals surface area contributed by atoms with E-state index in [9.17, 15) is 27.9 Å². The van der Waals surface area contributed by atoms with E-state index in [1.54, 1.807) is 30.3 Å². The summed E-state index contributed by atoms with van der Waals surface area (Å²) in [4.78, 5) is 27.7. The second-order valence-corrected chi connectivity index (χ2v) is 7.80. The summed E-state index contributed by atoms with van der Waals surface area (Å²) in [6.07, 6.45) is 2.68. The Hall–Kier alpha value is -4.06.